The lowest BCUT2D eigenvalue weighted by Gasteiger charge is -2.31. The number of hydrogen-bond acceptors (Lipinski definition) is 8. The summed E-state index contributed by atoms with van der Waals surface area (Å²) in [5.74, 6) is -1.78. The highest BCUT2D eigenvalue weighted by atomic mass is 32.2. The first-order valence-electron chi connectivity index (χ1n) is 19.6. The van der Waals surface area contributed by atoms with Crippen molar-refractivity contribution in [2.45, 2.75) is 137 Å². The van der Waals surface area contributed by atoms with Crippen molar-refractivity contribution in [1.29, 1.82) is 0 Å². The highest BCUT2D eigenvalue weighted by Gasteiger charge is 2.33. The van der Waals surface area contributed by atoms with E-state index in [2.05, 4.69) is 31.6 Å². The molecule has 0 aliphatic rings. The van der Waals surface area contributed by atoms with Crippen molar-refractivity contribution in [3.05, 3.63) is 36.0 Å². The van der Waals surface area contributed by atoms with Crippen LogP contribution in [-0.4, -0.2) is 94.2 Å². The molecule has 7 N–H and O–H groups in total. The summed E-state index contributed by atoms with van der Waals surface area (Å²) in [6, 6.07) is 4.64. The van der Waals surface area contributed by atoms with E-state index < -0.39 is 59.7 Å². The molecule has 6 atom stereocenters. The molecule has 1 heterocycles. The molecule has 2 rings (SSSR count). The molecule has 5 amide bonds. The van der Waals surface area contributed by atoms with Crippen LogP contribution in [0.25, 0.3) is 10.9 Å². The third-order valence-electron chi connectivity index (χ3n) is 9.13. The number of aliphatic hydroxyl groups is 1. The number of rotatable bonds is 22. The number of carbonyl (C=O) groups is 5. The standard InChI is InChI=1S/C41H68N6O7S/c1-24(2)20-32(45-38(51)31(17-19-55-11)44-39(52)35(26(5)6)47-40(53)54-41(8,9)10)34(48)22-27(7)36(49)46-33(21-25(3)4)37(50)42-18-16-28-23-43-30-15-13-12-14-29(28)30/h12-15,23-27,31-35,43,48H,16-22H2,1-11H3,(H,42,50)(H,44,52)(H,45,51)(H,46,49)(H,47,53)/t27-,31+,32+,33+,34+,35+/m1/s1. The lowest BCUT2D eigenvalue weighted by atomic mass is 9.91. The monoisotopic (exact) mass is 788 g/mol. The van der Waals surface area contributed by atoms with E-state index in [1.165, 1.54) is 11.8 Å². The Morgan fingerprint density at radius 2 is 1.44 bits per heavy atom. The smallest absolute Gasteiger partial charge is 0.408 e. The number of aromatic amines is 1. The third kappa shape index (κ3) is 16.9. The number of hydrogen-bond donors (Lipinski definition) is 7. The Morgan fingerprint density at radius 1 is 0.800 bits per heavy atom. The number of amides is 5. The van der Waals surface area contributed by atoms with E-state index in [4.69, 9.17) is 4.74 Å². The fourth-order valence-electron chi connectivity index (χ4n) is 6.27. The summed E-state index contributed by atoms with van der Waals surface area (Å²) in [4.78, 5) is 69.8. The van der Waals surface area contributed by atoms with Gasteiger partial charge in [0, 0.05) is 29.6 Å². The van der Waals surface area contributed by atoms with Gasteiger partial charge in [0.1, 0.15) is 23.7 Å². The predicted molar refractivity (Wildman–Crippen MR) is 220 cm³/mol. The summed E-state index contributed by atoms with van der Waals surface area (Å²) in [5.41, 5.74) is 1.38. The van der Waals surface area contributed by atoms with Crippen LogP contribution < -0.4 is 26.6 Å². The number of thioether (sulfide) groups is 1. The quantitative estimate of drug-likeness (QED) is 0.0862. The summed E-state index contributed by atoms with van der Waals surface area (Å²) in [6.45, 7) is 18.8. The SMILES string of the molecule is CSCC[C@H](NC(=O)[C@@H](NC(=O)OC(C)(C)C)C(C)C)C(=O)N[C@@H](CC(C)C)[C@@H](O)C[C@@H](C)C(=O)N[C@@H](CC(C)C)C(=O)NCCc1c[nH]c2ccccc12. The van der Waals surface area contributed by atoms with Crippen molar-refractivity contribution in [1.82, 2.24) is 31.6 Å². The first-order valence-corrected chi connectivity index (χ1v) is 21.0. The van der Waals surface area contributed by atoms with Crippen LogP contribution in [0.2, 0.25) is 0 Å². The minimum atomic E-state index is -1.09. The Balaban J connectivity index is 2.09. The van der Waals surface area contributed by atoms with Gasteiger partial charge in [-0.3, -0.25) is 19.2 Å². The minimum absolute atomic E-state index is 0.0388. The van der Waals surface area contributed by atoms with Crippen LogP contribution in [0.5, 0.6) is 0 Å². The van der Waals surface area contributed by atoms with Gasteiger partial charge in [-0.25, -0.2) is 4.79 Å². The highest BCUT2D eigenvalue weighted by molar-refractivity contribution is 7.98. The van der Waals surface area contributed by atoms with E-state index in [1.807, 2.05) is 64.4 Å². The Bertz CT molecular complexity index is 1540. The zero-order chi connectivity index (χ0) is 41.5. The van der Waals surface area contributed by atoms with E-state index in [0.717, 1.165) is 16.5 Å². The lowest BCUT2D eigenvalue weighted by Crippen LogP contribution is -2.58. The molecule has 1 aromatic heterocycles. The van der Waals surface area contributed by atoms with E-state index in [9.17, 15) is 29.1 Å². The Hall–Kier alpha value is -3.78. The van der Waals surface area contributed by atoms with Crippen LogP contribution in [0, 0.1) is 23.7 Å². The number of para-hydroxylation sites is 1. The molecule has 14 heteroatoms. The third-order valence-corrected chi connectivity index (χ3v) is 9.78. The number of benzene rings is 1. The molecule has 0 saturated carbocycles. The molecule has 55 heavy (non-hydrogen) atoms. The molecule has 2 aromatic rings. The number of ether oxygens (including phenoxy) is 1. The van der Waals surface area contributed by atoms with Crippen LogP contribution in [0.4, 0.5) is 4.79 Å². The maximum Gasteiger partial charge on any atom is 0.408 e. The molecule has 1 aromatic carbocycles. The Labute approximate surface area is 332 Å². The van der Waals surface area contributed by atoms with Crippen molar-refractivity contribution >= 4 is 52.4 Å². The molecule has 0 radical (unpaired) electrons. The van der Waals surface area contributed by atoms with Gasteiger partial charge in [0.2, 0.25) is 23.6 Å². The van der Waals surface area contributed by atoms with Gasteiger partial charge in [-0.1, -0.05) is 66.7 Å². The zero-order valence-electron chi connectivity index (χ0n) is 34.8. The van der Waals surface area contributed by atoms with Gasteiger partial charge in [0.15, 0.2) is 0 Å². The summed E-state index contributed by atoms with van der Waals surface area (Å²) >= 11 is 1.52. The molecular weight excluding hydrogens is 721 g/mol. The van der Waals surface area contributed by atoms with Gasteiger partial charge >= 0.3 is 6.09 Å². The zero-order valence-corrected chi connectivity index (χ0v) is 35.7. The number of aliphatic hydroxyl groups excluding tert-OH is 1. The fraction of sp³-hybridized carbons (Fsp3) is 0.683. The van der Waals surface area contributed by atoms with E-state index in [0.29, 0.717) is 38.0 Å². The Kier molecular flexibility index (Phi) is 19.5. The second kappa shape index (κ2) is 22.7. The number of aromatic nitrogens is 1. The van der Waals surface area contributed by atoms with Crippen LogP contribution in [0.15, 0.2) is 30.5 Å². The lowest BCUT2D eigenvalue weighted by molar-refractivity contribution is -0.132. The number of alkyl carbamates (subject to hydrolysis) is 1. The molecule has 0 bridgehead atoms. The van der Waals surface area contributed by atoms with Gasteiger partial charge in [0.05, 0.1) is 12.1 Å². The van der Waals surface area contributed by atoms with E-state index in [-0.39, 0.29) is 36.0 Å². The minimum Gasteiger partial charge on any atom is -0.444 e. The first-order chi connectivity index (χ1) is 25.7. The average molecular weight is 789 g/mol. The largest absolute Gasteiger partial charge is 0.444 e. The topological polar surface area (TPSA) is 191 Å². The number of nitrogens with one attached hydrogen (secondary N) is 6. The maximum atomic E-state index is 13.8. The second-order valence-electron chi connectivity index (χ2n) is 16.8. The second-order valence-corrected chi connectivity index (χ2v) is 17.7. The van der Waals surface area contributed by atoms with Crippen molar-refractivity contribution in [3.63, 3.8) is 0 Å². The molecule has 0 spiro atoms. The fourth-order valence-corrected chi connectivity index (χ4v) is 6.74. The first kappa shape index (κ1) is 47.4. The maximum absolute atomic E-state index is 13.8. The number of H-pyrrole nitrogens is 1. The van der Waals surface area contributed by atoms with Gasteiger partial charge < -0.3 is 41.4 Å². The molecule has 310 valence electrons. The number of carbonyl (C=O) groups excluding carboxylic acids is 5. The van der Waals surface area contributed by atoms with Crippen LogP contribution >= 0.6 is 11.8 Å². The molecule has 0 fully saturated rings. The average Bonchev–Trinajstić information content (AvgIpc) is 3.49. The van der Waals surface area contributed by atoms with Crippen LogP contribution in [0.3, 0.4) is 0 Å². The summed E-state index contributed by atoms with van der Waals surface area (Å²) in [7, 11) is 0. The van der Waals surface area contributed by atoms with Crippen molar-refractivity contribution in [2.24, 2.45) is 23.7 Å². The molecule has 0 aliphatic heterocycles. The molecule has 13 nitrogen and oxygen atoms in total. The predicted octanol–water partition coefficient (Wildman–Crippen LogP) is 5.06. The molecule has 0 unspecified atom stereocenters. The molecular formula is C41H68N6O7S. The van der Waals surface area contributed by atoms with Crippen molar-refractivity contribution < 1.29 is 33.8 Å². The van der Waals surface area contributed by atoms with E-state index in [1.54, 1.807) is 41.5 Å². The van der Waals surface area contributed by atoms with Crippen LogP contribution in [0.1, 0.15) is 100 Å². The Morgan fingerprint density at radius 3 is 2.04 bits per heavy atom. The normalized spacial score (nSPS) is 15.2. The van der Waals surface area contributed by atoms with Gasteiger partial charge in [-0.15, -0.1) is 0 Å². The molecule has 0 saturated heterocycles. The van der Waals surface area contributed by atoms with Crippen molar-refractivity contribution in [3.8, 4) is 0 Å². The van der Waals surface area contributed by atoms with Crippen LogP contribution in [-0.2, 0) is 30.3 Å². The summed E-state index contributed by atoms with van der Waals surface area (Å²) in [6.07, 6.45) is 3.88. The number of fused-ring (bicyclic) bond motifs is 1. The summed E-state index contributed by atoms with van der Waals surface area (Å²) < 4.78 is 5.35. The van der Waals surface area contributed by atoms with Gasteiger partial charge in [-0.05, 0) is 94.3 Å². The van der Waals surface area contributed by atoms with Crippen molar-refractivity contribution in [2.75, 3.05) is 18.6 Å². The molecule has 0 aliphatic carbocycles. The van der Waals surface area contributed by atoms with Gasteiger partial charge in [-0.2, -0.15) is 11.8 Å². The van der Waals surface area contributed by atoms with Gasteiger partial charge in [0.25, 0.3) is 0 Å². The van der Waals surface area contributed by atoms with E-state index >= 15 is 0 Å². The highest BCUT2D eigenvalue weighted by Crippen LogP contribution is 2.19. The summed E-state index contributed by atoms with van der Waals surface area (Å²) in [5, 5.41) is 26.9.